The van der Waals surface area contributed by atoms with Crippen molar-refractivity contribution in [1.29, 1.82) is 0 Å². The van der Waals surface area contributed by atoms with Crippen molar-refractivity contribution in [2.45, 2.75) is 0 Å². The van der Waals surface area contributed by atoms with Crippen molar-refractivity contribution < 1.29 is 0 Å². The first-order valence-electron chi connectivity index (χ1n) is 8.73. The third-order valence-corrected chi connectivity index (χ3v) is 4.30. The van der Waals surface area contributed by atoms with E-state index in [1.54, 1.807) is 0 Å². The Balaban J connectivity index is 0.000000948. The largest absolute Gasteiger partial charge is 0.106 e. The first kappa shape index (κ1) is 17.4. The highest BCUT2D eigenvalue weighted by Crippen LogP contribution is 2.39. The second-order valence-corrected chi connectivity index (χ2v) is 5.83. The van der Waals surface area contributed by atoms with Gasteiger partial charge >= 0.3 is 0 Å². The fourth-order valence-corrected chi connectivity index (χ4v) is 3.18. The lowest BCUT2D eigenvalue weighted by molar-refractivity contribution is 1.56. The molecule has 0 aliphatic carbocycles. The van der Waals surface area contributed by atoms with Crippen molar-refractivity contribution in [2.75, 3.05) is 0 Å². The summed E-state index contributed by atoms with van der Waals surface area (Å²) >= 11 is 0. The molecule has 0 N–H and O–H groups in total. The van der Waals surface area contributed by atoms with E-state index in [-0.39, 0.29) is 0 Å². The Hall–Kier alpha value is -3.38. The average molecular weight is 334 g/mol. The van der Waals surface area contributed by atoms with Gasteiger partial charge in [-0.15, -0.1) is 13.2 Å². The summed E-state index contributed by atoms with van der Waals surface area (Å²) in [5.41, 5.74) is 7.56. The summed E-state index contributed by atoms with van der Waals surface area (Å²) in [6.45, 7) is 6.00. The van der Waals surface area contributed by atoms with Crippen LogP contribution in [-0.4, -0.2) is 0 Å². The summed E-state index contributed by atoms with van der Waals surface area (Å²) in [4.78, 5) is 0. The smallest absolute Gasteiger partial charge is 0.00268 e. The van der Waals surface area contributed by atoms with E-state index >= 15 is 0 Å². The van der Waals surface area contributed by atoms with Gasteiger partial charge in [-0.05, 0) is 33.4 Å². The zero-order valence-corrected chi connectivity index (χ0v) is 14.8. The molecule has 0 aromatic heterocycles. The number of benzene rings is 4. The molecule has 0 bridgehead atoms. The quantitative estimate of drug-likeness (QED) is 0.340. The van der Waals surface area contributed by atoms with Crippen LogP contribution in [-0.2, 0) is 0 Å². The second-order valence-electron chi connectivity index (χ2n) is 5.83. The molecule has 0 saturated heterocycles. The Morgan fingerprint density at radius 3 is 1.08 bits per heavy atom. The molecule has 0 amide bonds. The molecule has 0 heterocycles. The normalized spacial score (nSPS) is 9.85. The van der Waals surface area contributed by atoms with Gasteiger partial charge in [0.2, 0.25) is 0 Å². The molecule has 0 fully saturated rings. The molecule has 0 spiro atoms. The van der Waals surface area contributed by atoms with E-state index in [0.717, 1.165) is 0 Å². The molecule has 4 aromatic carbocycles. The van der Waals surface area contributed by atoms with Crippen LogP contribution in [0.15, 0.2) is 122 Å². The van der Waals surface area contributed by atoms with Crippen molar-refractivity contribution in [3.05, 3.63) is 122 Å². The van der Waals surface area contributed by atoms with E-state index in [1.807, 2.05) is 0 Å². The van der Waals surface area contributed by atoms with E-state index in [1.165, 1.54) is 33.4 Å². The van der Waals surface area contributed by atoms with E-state index in [2.05, 4.69) is 122 Å². The van der Waals surface area contributed by atoms with E-state index in [9.17, 15) is 0 Å². The summed E-state index contributed by atoms with van der Waals surface area (Å²) in [7, 11) is 0. The van der Waals surface area contributed by atoms with Crippen LogP contribution >= 0.6 is 0 Å². The molecule has 0 saturated carbocycles. The first-order chi connectivity index (χ1) is 12.9. The van der Waals surface area contributed by atoms with Gasteiger partial charge in [-0.1, -0.05) is 109 Å². The van der Waals surface area contributed by atoms with Crippen LogP contribution in [0.1, 0.15) is 0 Å². The Labute approximate surface area is 156 Å². The first-order valence-corrected chi connectivity index (χ1v) is 8.73. The number of hydrogen-bond acceptors (Lipinski definition) is 0. The summed E-state index contributed by atoms with van der Waals surface area (Å²) in [5.74, 6) is 0. The highest BCUT2D eigenvalue weighted by molar-refractivity contribution is 5.94. The maximum absolute atomic E-state index is 3.00. The lowest BCUT2D eigenvalue weighted by atomic mass is 9.88. The Kier molecular flexibility index (Phi) is 5.80. The van der Waals surface area contributed by atoms with Crippen LogP contribution < -0.4 is 0 Å². The monoisotopic (exact) mass is 334 g/mol. The minimum Gasteiger partial charge on any atom is -0.106 e. The van der Waals surface area contributed by atoms with Crippen molar-refractivity contribution >= 4 is 0 Å². The van der Waals surface area contributed by atoms with Gasteiger partial charge in [-0.25, -0.2) is 0 Å². The minimum atomic E-state index is 1.24. The van der Waals surface area contributed by atoms with Gasteiger partial charge in [0.15, 0.2) is 0 Å². The fourth-order valence-electron chi connectivity index (χ4n) is 3.18. The van der Waals surface area contributed by atoms with Gasteiger partial charge in [0.25, 0.3) is 0 Å². The maximum atomic E-state index is 3.00. The molecule has 0 aliphatic heterocycles. The van der Waals surface area contributed by atoms with E-state index < -0.39 is 0 Å². The molecular formula is C26H22. The highest BCUT2D eigenvalue weighted by Gasteiger charge is 2.13. The van der Waals surface area contributed by atoms with Crippen molar-refractivity contribution in [1.82, 2.24) is 0 Å². The van der Waals surface area contributed by atoms with E-state index in [0.29, 0.717) is 0 Å². The van der Waals surface area contributed by atoms with Crippen LogP contribution in [0.4, 0.5) is 0 Å². The van der Waals surface area contributed by atoms with Gasteiger partial charge in [0, 0.05) is 0 Å². The van der Waals surface area contributed by atoms with Gasteiger partial charge in [0.05, 0.1) is 0 Å². The van der Waals surface area contributed by atoms with E-state index in [4.69, 9.17) is 0 Å². The average Bonchev–Trinajstić information content (AvgIpc) is 2.76. The molecule has 0 nitrogen and oxygen atoms in total. The van der Waals surface area contributed by atoms with Crippen molar-refractivity contribution in [3.8, 4) is 33.4 Å². The summed E-state index contributed by atoms with van der Waals surface area (Å²) in [5, 5.41) is 0. The molecule has 126 valence electrons. The van der Waals surface area contributed by atoms with Crippen LogP contribution in [0.3, 0.4) is 0 Å². The summed E-state index contributed by atoms with van der Waals surface area (Å²) < 4.78 is 0. The maximum Gasteiger partial charge on any atom is -0.00268 e. The molecule has 0 atom stereocenters. The third-order valence-electron chi connectivity index (χ3n) is 4.30. The Bertz CT molecular complexity index is 881. The second kappa shape index (κ2) is 8.64. The van der Waals surface area contributed by atoms with Crippen LogP contribution in [0.25, 0.3) is 33.4 Å². The highest BCUT2D eigenvalue weighted by atomic mass is 14.2. The van der Waals surface area contributed by atoms with Gasteiger partial charge < -0.3 is 0 Å². The Morgan fingerprint density at radius 1 is 0.346 bits per heavy atom. The molecule has 26 heavy (non-hydrogen) atoms. The molecule has 0 radical (unpaired) electrons. The summed E-state index contributed by atoms with van der Waals surface area (Å²) in [6, 6.07) is 38.4. The predicted molar refractivity (Wildman–Crippen MR) is 114 cm³/mol. The van der Waals surface area contributed by atoms with Crippen LogP contribution in [0.5, 0.6) is 0 Å². The zero-order chi connectivity index (χ0) is 18.2. The molecule has 4 aromatic rings. The molecule has 0 unspecified atom stereocenters. The summed E-state index contributed by atoms with van der Waals surface area (Å²) in [6.07, 6.45) is 0. The fraction of sp³-hybridized carbons (Fsp3) is 0. The van der Waals surface area contributed by atoms with Gasteiger partial charge in [-0.3, -0.25) is 0 Å². The van der Waals surface area contributed by atoms with Crippen molar-refractivity contribution in [3.63, 3.8) is 0 Å². The Morgan fingerprint density at radius 2 is 0.692 bits per heavy atom. The minimum absolute atomic E-state index is 1.24. The molecule has 4 rings (SSSR count). The standard InChI is InChI=1S/C24H18.C2H4/c1-4-11-19(12-5-1)22-17-10-18-23(20-13-6-2-7-14-20)24(22)21-15-8-3-9-16-21;1-2/h1-18H;1-2H2. The molecular weight excluding hydrogens is 312 g/mol. The topological polar surface area (TPSA) is 0 Å². The molecule has 0 aliphatic rings. The third kappa shape index (κ3) is 3.65. The lowest BCUT2D eigenvalue weighted by Gasteiger charge is -2.16. The molecule has 0 heteroatoms. The SMILES string of the molecule is C=C.c1ccc(-c2cccc(-c3ccccc3)c2-c2ccccc2)cc1. The van der Waals surface area contributed by atoms with Gasteiger partial charge in [0.1, 0.15) is 0 Å². The predicted octanol–water partition coefficient (Wildman–Crippen LogP) is 7.49. The van der Waals surface area contributed by atoms with Crippen LogP contribution in [0, 0.1) is 0 Å². The zero-order valence-electron chi connectivity index (χ0n) is 14.8. The van der Waals surface area contributed by atoms with Crippen LogP contribution in [0.2, 0.25) is 0 Å². The van der Waals surface area contributed by atoms with Gasteiger partial charge in [-0.2, -0.15) is 0 Å². The number of hydrogen-bond donors (Lipinski definition) is 0. The lowest BCUT2D eigenvalue weighted by Crippen LogP contribution is -1.90. The van der Waals surface area contributed by atoms with Crippen molar-refractivity contribution in [2.24, 2.45) is 0 Å². The number of rotatable bonds is 3.